The van der Waals surface area contributed by atoms with Crippen molar-refractivity contribution in [2.75, 3.05) is 18.6 Å². The van der Waals surface area contributed by atoms with Crippen LogP contribution in [-0.2, 0) is 0 Å². The monoisotopic (exact) mass is 526 g/mol. The van der Waals surface area contributed by atoms with E-state index in [0.29, 0.717) is 28.5 Å². The highest BCUT2D eigenvalue weighted by molar-refractivity contribution is 8.00. The van der Waals surface area contributed by atoms with Gasteiger partial charge in [-0.15, -0.1) is 0 Å². The first-order valence-electron chi connectivity index (χ1n) is 11.4. The highest BCUT2D eigenvalue weighted by Gasteiger charge is 2.29. The van der Waals surface area contributed by atoms with Crippen LogP contribution in [0.1, 0.15) is 46.9 Å². The highest BCUT2D eigenvalue weighted by Crippen LogP contribution is 2.36. The summed E-state index contributed by atoms with van der Waals surface area (Å²) in [5, 5.41) is 36.0. The molecule has 10 nitrogen and oxygen atoms in total. The van der Waals surface area contributed by atoms with Crippen LogP contribution in [0.4, 0.5) is 5.82 Å². The predicted molar refractivity (Wildman–Crippen MR) is 137 cm³/mol. The molecule has 4 rings (SSSR count). The average molecular weight is 527 g/mol. The van der Waals surface area contributed by atoms with E-state index in [1.54, 1.807) is 24.3 Å². The normalized spacial score (nSPS) is 10.7. The van der Waals surface area contributed by atoms with Crippen LogP contribution >= 0.6 is 11.8 Å². The number of carbonyl (C=O) groups is 1. The molecule has 2 aromatic heterocycles. The number of nitrogen functional groups attached to an aromatic ring is 1. The lowest BCUT2D eigenvalue weighted by Crippen LogP contribution is -2.39. The first-order chi connectivity index (χ1) is 18.3. The van der Waals surface area contributed by atoms with E-state index in [1.807, 2.05) is 30.3 Å². The molecule has 4 aromatic rings. The molecular formula is C27H22N6O4S. The number of ether oxygens (including phenoxy) is 1. The second-order valence-corrected chi connectivity index (χ2v) is 9.42. The van der Waals surface area contributed by atoms with E-state index in [4.69, 9.17) is 15.0 Å². The first kappa shape index (κ1) is 26.2. The van der Waals surface area contributed by atoms with Crippen LogP contribution < -0.4 is 20.3 Å². The number of nitriles is 2. The Labute approximate surface area is 222 Å². The van der Waals surface area contributed by atoms with Gasteiger partial charge in [-0.25, -0.2) is 4.98 Å². The van der Waals surface area contributed by atoms with Crippen molar-refractivity contribution in [2.24, 2.45) is 0 Å². The van der Waals surface area contributed by atoms with Gasteiger partial charge in [0.05, 0.1) is 23.7 Å². The Balaban J connectivity index is 1.68. The number of methoxy groups -OCH3 is 1. The molecule has 0 aliphatic heterocycles. The van der Waals surface area contributed by atoms with Crippen molar-refractivity contribution in [1.29, 1.82) is 10.5 Å². The van der Waals surface area contributed by atoms with Gasteiger partial charge >= 0.3 is 5.69 Å². The third-order valence-corrected chi connectivity index (χ3v) is 6.79. The number of anilines is 1. The zero-order valence-corrected chi connectivity index (χ0v) is 21.6. The Morgan fingerprint density at radius 2 is 1.79 bits per heavy atom. The van der Waals surface area contributed by atoms with Gasteiger partial charge in [0.25, 0.3) is 0 Å². The molecule has 0 radical (unpaired) electrons. The number of nitrogens with zero attached hydrogens (tertiary/aromatic N) is 5. The largest absolute Gasteiger partial charge is 0.539 e. The van der Waals surface area contributed by atoms with Crippen LogP contribution in [-0.4, -0.2) is 28.9 Å². The Kier molecular flexibility index (Phi) is 7.61. The van der Waals surface area contributed by atoms with Gasteiger partial charge < -0.3 is 20.1 Å². The van der Waals surface area contributed by atoms with Crippen LogP contribution in [0.2, 0.25) is 0 Å². The van der Waals surface area contributed by atoms with Crippen molar-refractivity contribution >= 4 is 23.4 Å². The molecule has 0 saturated carbocycles. The lowest BCUT2D eigenvalue weighted by molar-refractivity contribution is -0.672. The fourth-order valence-corrected chi connectivity index (χ4v) is 4.67. The predicted octanol–water partition coefficient (Wildman–Crippen LogP) is 3.52. The van der Waals surface area contributed by atoms with Gasteiger partial charge in [-0.2, -0.15) is 10.5 Å². The van der Waals surface area contributed by atoms with E-state index < -0.39 is 11.7 Å². The standard InChI is InChI=1S/C27H22N6O4S/c1-15(2)16-4-6-17(7-5-16)23-20(12-28)25(30)31-26(21(23)13-29)38-14-22(34)24-27(35)37-32-33(24)18-8-10-19(36-3)11-9-18/h4-11,15H,14H2,1-3H3,(H2-,30,31,32,34,35). The van der Waals surface area contributed by atoms with E-state index in [9.17, 15) is 20.4 Å². The maximum Gasteiger partial charge on any atom is 0.307 e. The van der Waals surface area contributed by atoms with Gasteiger partial charge in [0.2, 0.25) is 11.5 Å². The van der Waals surface area contributed by atoms with Gasteiger partial charge in [0, 0.05) is 17.7 Å². The summed E-state index contributed by atoms with van der Waals surface area (Å²) in [5.41, 5.74) is 8.49. The Hall–Kier alpha value is -4.87. The van der Waals surface area contributed by atoms with E-state index in [0.717, 1.165) is 22.0 Å². The molecule has 0 amide bonds. The van der Waals surface area contributed by atoms with E-state index >= 15 is 0 Å². The molecule has 2 aromatic carbocycles. The van der Waals surface area contributed by atoms with Crippen molar-refractivity contribution in [1.82, 2.24) is 10.3 Å². The van der Waals surface area contributed by atoms with Crippen molar-refractivity contribution in [2.45, 2.75) is 24.8 Å². The zero-order valence-electron chi connectivity index (χ0n) is 20.8. The Morgan fingerprint density at radius 1 is 1.13 bits per heavy atom. The molecule has 0 atom stereocenters. The molecule has 0 spiro atoms. The summed E-state index contributed by atoms with van der Waals surface area (Å²) < 4.78 is 11.0. The number of aromatic nitrogens is 3. The summed E-state index contributed by atoms with van der Waals surface area (Å²) in [6.07, 6.45) is 0. The number of hydrogen-bond acceptors (Lipinski definition) is 10. The van der Waals surface area contributed by atoms with Crippen LogP contribution in [0, 0.1) is 22.7 Å². The summed E-state index contributed by atoms with van der Waals surface area (Å²) >= 11 is 0.933. The maximum absolute atomic E-state index is 13.1. The summed E-state index contributed by atoms with van der Waals surface area (Å²) in [6, 6.07) is 18.2. The van der Waals surface area contributed by atoms with Crippen molar-refractivity contribution in [3.05, 3.63) is 70.9 Å². The smallest absolute Gasteiger partial charge is 0.307 e. The fraction of sp³-hybridized carbons (Fsp3) is 0.185. The zero-order chi connectivity index (χ0) is 27.4. The van der Waals surface area contributed by atoms with E-state index in [2.05, 4.69) is 30.2 Å². The minimum atomic E-state index is -0.898. The van der Waals surface area contributed by atoms with Crippen molar-refractivity contribution in [3.63, 3.8) is 0 Å². The maximum atomic E-state index is 13.1. The second-order valence-electron chi connectivity index (χ2n) is 8.46. The van der Waals surface area contributed by atoms with Gasteiger partial charge in [0.15, 0.2) is 5.95 Å². The number of carbonyl (C=O) groups excluding carboxylic acids is 1. The Bertz CT molecular complexity index is 1580. The number of rotatable bonds is 8. The van der Waals surface area contributed by atoms with E-state index in [-0.39, 0.29) is 33.4 Å². The first-order valence-corrected chi connectivity index (χ1v) is 12.4. The SMILES string of the molecule is COc1ccc(-[n+]2noc([O-])c2C(=O)CSc2nc(N)c(C#N)c(-c3ccc(C(C)C)cc3)c2C#N)cc1. The summed E-state index contributed by atoms with van der Waals surface area (Å²) in [6.45, 7) is 4.13. The van der Waals surface area contributed by atoms with Crippen molar-refractivity contribution in [3.8, 4) is 40.6 Å². The molecule has 190 valence electrons. The molecule has 0 unspecified atom stereocenters. The Morgan fingerprint density at radius 3 is 2.37 bits per heavy atom. The molecular weight excluding hydrogens is 504 g/mol. The van der Waals surface area contributed by atoms with Gasteiger partial charge in [0.1, 0.15) is 34.3 Å². The molecule has 0 saturated heterocycles. The molecule has 0 bridgehead atoms. The second kappa shape index (κ2) is 11.0. The quantitative estimate of drug-likeness (QED) is 0.204. The van der Waals surface area contributed by atoms with Gasteiger partial charge in [-0.05, 0) is 33.9 Å². The van der Waals surface area contributed by atoms with Gasteiger partial charge in [-0.3, -0.25) is 4.79 Å². The van der Waals surface area contributed by atoms with Crippen LogP contribution in [0.15, 0.2) is 58.1 Å². The number of nitrogens with two attached hydrogens (primary N) is 1. The minimum absolute atomic E-state index is 0.0628. The molecule has 2 N–H and O–H groups in total. The number of benzene rings is 2. The lowest BCUT2D eigenvalue weighted by Gasteiger charge is -2.13. The third-order valence-electron chi connectivity index (χ3n) is 5.81. The molecule has 0 aliphatic rings. The third kappa shape index (κ3) is 5.01. The van der Waals surface area contributed by atoms with Crippen molar-refractivity contribution < 1.29 is 23.8 Å². The number of Topliss-reactive ketones (excluding diaryl/α,β-unsaturated/α-hetero) is 1. The number of pyridine rings is 1. The number of thioether (sulfide) groups is 1. The highest BCUT2D eigenvalue weighted by atomic mass is 32.2. The fourth-order valence-electron chi connectivity index (χ4n) is 3.81. The van der Waals surface area contributed by atoms with Crippen LogP contribution in [0.25, 0.3) is 16.8 Å². The topological polar surface area (TPSA) is 166 Å². The molecule has 2 heterocycles. The summed E-state index contributed by atoms with van der Waals surface area (Å²) in [7, 11) is 1.52. The van der Waals surface area contributed by atoms with Crippen LogP contribution in [0.3, 0.4) is 0 Å². The summed E-state index contributed by atoms with van der Waals surface area (Å²) in [4.78, 5) is 17.3. The molecule has 11 heteroatoms. The lowest BCUT2D eigenvalue weighted by atomic mass is 9.94. The number of ketones is 1. The molecule has 0 fully saturated rings. The average Bonchev–Trinajstić information content (AvgIpc) is 3.32. The molecule has 0 aliphatic carbocycles. The summed E-state index contributed by atoms with van der Waals surface area (Å²) in [5.74, 6) is -0.915. The molecule has 38 heavy (non-hydrogen) atoms. The van der Waals surface area contributed by atoms with Crippen LogP contribution in [0.5, 0.6) is 11.7 Å². The number of hydrogen-bond donors (Lipinski definition) is 1. The van der Waals surface area contributed by atoms with E-state index in [1.165, 1.54) is 7.11 Å². The minimum Gasteiger partial charge on any atom is -0.539 e. The van der Waals surface area contributed by atoms with Gasteiger partial charge in [-0.1, -0.05) is 49.9 Å².